The van der Waals surface area contributed by atoms with Gasteiger partial charge in [0, 0.05) is 11.6 Å². The molecule has 8 heteroatoms. The van der Waals surface area contributed by atoms with E-state index in [4.69, 9.17) is 4.74 Å². The maximum absolute atomic E-state index is 13.4. The lowest BCUT2D eigenvalue weighted by molar-refractivity contribution is -0.145. The van der Waals surface area contributed by atoms with Gasteiger partial charge in [-0.15, -0.1) is 0 Å². The summed E-state index contributed by atoms with van der Waals surface area (Å²) in [5.74, 6) is -2.19. The lowest BCUT2D eigenvalue weighted by atomic mass is 9.86. The number of nitrogens with one attached hydrogen (secondary N) is 1. The fourth-order valence-corrected chi connectivity index (χ4v) is 6.09. The first-order valence-corrected chi connectivity index (χ1v) is 14.0. The standard InChI is InChI=1S/C31H38N2O6/c1-2-39-31(38)25(22-10-4-3-5-11-22)16-9-14-21-13-8-15-24(21)29(36)32-26-19-18-23-12-6-7-17-27(23)33(30(26)37)20-28(34)35/h3-7,10-12,17,21,24-26H,2,8-9,13-16,18-20H2,1H3,(H,32,36)(H,34,35). The lowest BCUT2D eigenvalue weighted by Gasteiger charge is -2.26. The maximum Gasteiger partial charge on any atom is 0.323 e. The second-order valence-corrected chi connectivity index (χ2v) is 10.5. The Bertz CT molecular complexity index is 1170. The molecule has 4 atom stereocenters. The highest BCUT2D eigenvalue weighted by Crippen LogP contribution is 2.37. The number of nitrogens with zero attached hydrogens (tertiary/aromatic N) is 1. The van der Waals surface area contributed by atoms with Crippen LogP contribution in [-0.4, -0.2) is 48.1 Å². The summed E-state index contributed by atoms with van der Waals surface area (Å²) in [4.78, 5) is 52.2. The molecule has 2 amide bonds. The molecular formula is C31H38N2O6. The molecule has 208 valence electrons. The van der Waals surface area contributed by atoms with Crippen molar-refractivity contribution in [3.8, 4) is 0 Å². The first-order valence-electron chi connectivity index (χ1n) is 14.0. The second-order valence-electron chi connectivity index (χ2n) is 10.5. The van der Waals surface area contributed by atoms with Crippen molar-refractivity contribution in [3.05, 3.63) is 65.7 Å². The summed E-state index contributed by atoms with van der Waals surface area (Å²) < 4.78 is 5.33. The van der Waals surface area contributed by atoms with Crippen LogP contribution in [0.5, 0.6) is 0 Å². The Morgan fingerprint density at radius 2 is 1.79 bits per heavy atom. The van der Waals surface area contributed by atoms with E-state index < -0.39 is 18.6 Å². The number of aliphatic carboxylic acids is 1. The molecule has 0 spiro atoms. The number of anilines is 1. The average Bonchev–Trinajstić information content (AvgIpc) is 3.36. The molecule has 0 saturated heterocycles. The molecule has 4 unspecified atom stereocenters. The number of ether oxygens (including phenoxy) is 1. The van der Waals surface area contributed by atoms with E-state index >= 15 is 0 Å². The summed E-state index contributed by atoms with van der Waals surface area (Å²) in [6, 6.07) is 16.2. The lowest BCUT2D eigenvalue weighted by Crippen LogP contribution is -2.51. The molecule has 1 saturated carbocycles. The molecule has 4 rings (SSSR count). The number of fused-ring (bicyclic) bond motifs is 1. The van der Waals surface area contributed by atoms with Gasteiger partial charge in [0.1, 0.15) is 12.6 Å². The van der Waals surface area contributed by atoms with Crippen LogP contribution in [0.1, 0.15) is 68.9 Å². The van der Waals surface area contributed by atoms with Crippen LogP contribution in [0.25, 0.3) is 0 Å². The van der Waals surface area contributed by atoms with Crippen LogP contribution in [0.4, 0.5) is 5.69 Å². The molecule has 39 heavy (non-hydrogen) atoms. The highest BCUT2D eigenvalue weighted by atomic mass is 16.5. The Hall–Kier alpha value is -3.68. The first kappa shape index (κ1) is 28.3. The van der Waals surface area contributed by atoms with Crippen molar-refractivity contribution < 1.29 is 29.0 Å². The number of aryl methyl sites for hydroxylation is 1. The maximum atomic E-state index is 13.4. The third-order valence-corrected chi connectivity index (χ3v) is 8.00. The van der Waals surface area contributed by atoms with E-state index in [9.17, 15) is 24.3 Å². The Labute approximate surface area is 229 Å². The number of carbonyl (C=O) groups excluding carboxylic acids is 3. The summed E-state index contributed by atoms with van der Waals surface area (Å²) in [6.45, 7) is 1.69. The van der Waals surface area contributed by atoms with Crippen LogP contribution in [0, 0.1) is 11.8 Å². The minimum absolute atomic E-state index is 0.137. The third-order valence-electron chi connectivity index (χ3n) is 8.00. The van der Waals surface area contributed by atoms with Crippen molar-refractivity contribution in [2.45, 2.75) is 70.3 Å². The number of esters is 1. The number of amides is 2. The molecule has 2 aromatic carbocycles. The number of hydrogen-bond donors (Lipinski definition) is 2. The third kappa shape index (κ3) is 7.05. The molecule has 0 radical (unpaired) electrons. The zero-order valence-corrected chi connectivity index (χ0v) is 22.5. The van der Waals surface area contributed by atoms with E-state index in [0.29, 0.717) is 31.6 Å². The minimum Gasteiger partial charge on any atom is -0.480 e. The molecule has 1 fully saturated rings. The summed E-state index contributed by atoms with van der Waals surface area (Å²) in [7, 11) is 0. The Morgan fingerprint density at radius 1 is 1.05 bits per heavy atom. The van der Waals surface area contributed by atoms with Crippen molar-refractivity contribution >= 4 is 29.4 Å². The second kappa shape index (κ2) is 13.4. The topological polar surface area (TPSA) is 113 Å². The van der Waals surface area contributed by atoms with E-state index in [-0.39, 0.29) is 35.5 Å². The van der Waals surface area contributed by atoms with Crippen LogP contribution < -0.4 is 10.2 Å². The van der Waals surface area contributed by atoms with Crippen LogP contribution >= 0.6 is 0 Å². The molecule has 1 aliphatic carbocycles. The van der Waals surface area contributed by atoms with Crippen LogP contribution in [-0.2, 0) is 30.3 Å². The van der Waals surface area contributed by atoms with Gasteiger partial charge in [-0.25, -0.2) is 0 Å². The predicted molar refractivity (Wildman–Crippen MR) is 147 cm³/mol. The van der Waals surface area contributed by atoms with Gasteiger partial charge in [0.25, 0.3) is 0 Å². The largest absolute Gasteiger partial charge is 0.480 e. The molecule has 0 aromatic heterocycles. The average molecular weight is 535 g/mol. The van der Waals surface area contributed by atoms with Crippen molar-refractivity contribution in [3.63, 3.8) is 0 Å². The summed E-state index contributed by atoms with van der Waals surface area (Å²) in [5, 5.41) is 12.4. The molecular weight excluding hydrogens is 496 g/mol. The summed E-state index contributed by atoms with van der Waals surface area (Å²) in [6.07, 6.45) is 5.89. The van der Waals surface area contributed by atoms with Gasteiger partial charge in [0.05, 0.1) is 12.5 Å². The quantitative estimate of drug-likeness (QED) is 0.412. The molecule has 2 N–H and O–H groups in total. The molecule has 2 aliphatic rings. The minimum atomic E-state index is -1.10. The Kier molecular flexibility index (Phi) is 9.74. The number of carbonyl (C=O) groups is 4. The molecule has 0 bridgehead atoms. The predicted octanol–water partition coefficient (Wildman–Crippen LogP) is 4.47. The zero-order valence-electron chi connectivity index (χ0n) is 22.5. The van der Waals surface area contributed by atoms with Gasteiger partial charge >= 0.3 is 11.9 Å². The zero-order chi connectivity index (χ0) is 27.8. The highest BCUT2D eigenvalue weighted by Gasteiger charge is 2.37. The van der Waals surface area contributed by atoms with E-state index in [1.54, 1.807) is 19.1 Å². The van der Waals surface area contributed by atoms with Gasteiger partial charge in [0.15, 0.2) is 0 Å². The van der Waals surface area contributed by atoms with E-state index in [1.807, 2.05) is 42.5 Å². The fourth-order valence-electron chi connectivity index (χ4n) is 6.09. The smallest absolute Gasteiger partial charge is 0.323 e. The first-order chi connectivity index (χ1) is 18.9. The van der Waals surface area contributed by atoms with Gasteiger partial charge in [-0.1, -0.05) is 61.4 Å². The van der Waals surface area contributed by atoms with Gasteiger partial charge < -0.3 is 15.2 Å². The molecule has 2 aromatic rings. The van der Waals surface area contributed by atoms with Gasteiger partial charge in [0.2, 0.25) is 11.8 Å². The molecule has 8 nitrogen and oxygen atoms in total. The van der Waals surface area contributed by atoms with Crippen LogP contribution in [0.15, 0.2) is 54.6 Å². The highest BCUT2D eigenvalue weighted by molar-refractivity contribution is 6.03. The van der Waals surface area contributed by atoms with Crippen molar-refractivity contribution in [2.75, 3.05) is 18.1 Å². The van der Waals surface area contributed by atoms with Crippen molar-refractivity contribution in [2.24, 2.45) is 11.8 Å². The van der Waals surface area contributed by atoms with Gasteiger partial charge in [-0.2, -0.15) is 0 Å². The molecule has 1 aliphatic heterocycles. The Morgan fingerprint density at radius 3 is 2.54 bits per heavy atom. The number of para-hydroxylation sites is 1. The van der Waals surface area contributed by atoms with Gasteiger partial charge in [-0.05, 0) is 68.6 Å². The fraction of sp³-hybridized carbons (Fsp3) is 0.484. The summed E-state index contributed by atoms with van der Waals surface area (Å²) in [5.41, 5.74) is 2.43. The number of carboxylic acid groups (broad SMARTS) is 1. The van der Waals surface area contributed by atoms with E-state index in [0.717, 1.165) is 43.2 Å². The monoisotopic (exact) mass is 534 g/mol. The van der Waals surface area contributed by atoms with Crippen LogP contribution in [0.3, 0.4) is 0 Å². The number of rotatable bonds is 11. The number of hydrogen-bond acceptors (Lipinski definition) is 5. The van der Waals surface area contributed by atoms with E-state index in [2.05, 4.69) is 5.32 Å². The van der Waals surface area contributed by atoms with Crippen molar-refractivity contribution in [1.82, 2.24) is 5.32 Å². The van der Waals surface area contributed by atoms with Crippen molar-refractivity contribution in [1.29, 1.82) is 0 Å². The Balaban J connectivity index is 1.38. The SMILES string of the molecule is CCOC(=O)C(CCCC1CCCC1C(=O)NC1CCc2ccccc2N(CC(=O)O)C1=O)c1ccccc1. The number of carboxylic acids is 1. The normalized spacial score (nSPS) is 21.5. The summed E-state index contributed by atoms with van der Waals surface area (Å²) >= 11 is 0. The van der Waals surface area contributed by atoms with Gasteiger partial charge in [-0.3, -0.25) is 24.1 Å². The number of benzene rings is 2. The molecule has 1 heterocycles. The van der Waals surface area contributed by atoms with Crippen LogP contribution in [0.2, 0.25) is 0 Å². The van der Waals surface area contributed by atoms with E-state index in [1.165, 1.54) is 4.90 Å².